The highest BCUT2D eigenvalue weighted by atomic mass is 16.7. The van der Waals surface area contributed by atoms with E-state index in [-0.39, 0.29) is 30.4 Å². The number of amides is 4. The van der Waals surface area contributed by atoms with Crippen molar-refractivity contribution < 1.29 is 38.9 Å². The van der Waals surface area contributed by atoms with Crippen LogP contribution < -0.4 is 21.3 Å². The SMILES string of the molecule is CC(=O)Nc1ccccc1C(=O)NCC(O)CO.CC(=O)Nc1ccccc1C(=O)NCC1COC(C)(C)O1. The van der Waals surface area contributed by atoms with Crippen LogP contribution in [0.15, 0.2) is 48.5 Å². The quantitative estimate of drug-likeness (QED) is 0.273. The van der Waals surface area contributed by atoms with Crippen LogP contribution in [0.3, 0.4) is 0 Å². The second kappa shape index (κ2) is 14.9. The first-order valence-corrected chi connectivity index (χ1v) is 12.3. The summed E-state index contributed by atoms with van der Waals surface area (Å²) < 4.78 is 11.1. The van der Waals surface area contributed by atoms with Gasteiger partial charge in [-0.25, -0.2) is 0 Å². The maximum Gasteiger partial charge on any atom is 0.253 e. The molecule has 4 amide bonds. The second-order valence-corrected chi connectivity index (χ2v) is 9.16. The van der Waals surface area contributed by atoms with Gasteiger partial charge in [-0.1, -0.05) is 24.3 Å². The van der Waals surface area contributed by atoms with Crippen molar-refractivity contribution in [1.29, 1.82) is 0 Å². The third kappa shape index (κ3) is 10.8. The summed E-state index contributed by atoms with van der Waals surface area (Å²) in [6.45, 7) is 6.75. The maximum atomic E-state index is 12.2. The Morgan fingerprint density at radius 1 is 0.897 bits per heavy atom. The normalized spacial score (nSPS) is 16.2. The van der Waals surface area contributed by atoms with Crippen molar-refractivity contribution in [3.63, 3.8) is 0 Å². The largest absolute Gasteiger partial charge is 0.394 e. The van der Waals surface area contributed by atoms with Crippen molar-refractivity contribution in [2.24, 2.45) is 0 Å². The molecule has 1 fully saturated rings. The molecule has 12 heteroatoms. The lowest BCUT2D eigenvalue weighted by atomic mass is 10.1. The Morgan fingerprint density at radius 3 is 1.82 bits per heavy atom. The van der Waals surface area contributed by atoms with Gasteiger partial charge in [0.2, 0.25) is 11.8 Å². The Morgan fingerprint density at radius 2 is 1.38 bits per heavy atom. The number of aliphatic hydroxyl groups excluding tert-OH is 2. The van der Waals surface area contributed by atoms with E-state index in [1.165, 1.54) is 13.8 Å². The van der Waals surface area contributed by atoms with Gasteiger partial charge < -0.3 is 41.0 Å². The summed E-state index contributed by atoms with van der Waals surface area (Å²) in [7, 11) is 0. The molecule has 6 N–H and O–H groups in total. The van der Waals surface area contributed by atoms with Crippen LogP contribution in [0.2, 0.25) is 0 Å². The van der Waals surface area contributed by atoms with Crippen molar-refractivity contribution in [3.05, 3.63) is 59.7 Å². The van der Waals surface area contributed by atoms with E-state index in [0.717, 1.165) is 0 Å². The van der Waals surface area contributed by atoms with E-state index < -0.39 is 24.4 Å². The summed E-state index contributed by atoms with van der Waals surface area (Å²) in [5, 5.41) is 28.2. The fraction of sp³-hybridized carbons (Fsp3) is 0.407. The Bertz CT molecular complexity index is 1150. The van der Waals surface area contributed by atoms with E-state index in [1.54, 1.807) is 48.5 Å². The van der Waals surface area contributed by atoms with Crippen LogP contribution in [0.5, 0.6) is 0 Å². The number of anilines is 2. The molecule has 3 rings (SSSR count). The average molecular weight is 545 g/mol. The van der Waals surface area contributed by atoms with Crippen molar-refractivity contribution in [2.75, 3.05) is 36.9 Å². The maximum absolute atomic E-state index is 12.2. The van der Waals surface area contributed by atoms with Gasteiger partial charge >= 0.3 is 0 Å². The number of nitrogens with one attached hydrogen (secondary N) is 4. The van der Waals surface area contributed by atoms with Gasteiger partial charge in [0.1, 0.15) is 6.10 Å². The van der Waals surface area contributed by atoms with E-state index in [0.29, 0.717) is 35.7 Å². The van der Waals surface area contributed by atoms with Crippen LogP contribution in [-0.4, -0.2) is 78.1 Å². The van der Waals surface area contributed by atoms with Gasteiger partial charge in [0.15, 0.2) is 5.79 Å². The predicted molar refractivity (Wildman–Crippen MR) is 144 cm³/mol. The lowest BCUT2D eigenvalue weighted by Gasteiger charge is -2.17. The number of hydrogen-bond donors (Lipinski definition) is 6. The van der Waals surface area contributed by atoms with Crippen LogP contribution >= 0.6 is 0 Å². The molecule has 0 aliphatic carbocycles. The van der Waals surface area contributed by atoms with Crippen molar-refractivity contribution in [2.45, 2.75) is 45.7 Å². The zero-order valence-electron chi connectivity index (χ0n) is 22.4. The van der Waals surface area contributed by atoms with E-state index in [2.05, 4.69) is 21.3 Å². The van der Waals surface area contributed by atoms with Gasteiger partial charge in [-0.2, -0.15) is 0 Å². The lowest BCUT2D eigenvalue weighted by molar-refractivity contribution is -0.137. The lowest BCUT2D eigenvalue weighted by Crippen LogP contribution is -2.34. The van der Waals surface area contributed by atoms with Gasteiger partial charge in [0, 0.05) is 26.9 Å². The number of rotatable bonds is 9. The van der Waals surface area contributed by atoms with Gasteiger partial charge in [0.05, 0.1) is 41.8 Å². The molecule has 0 spiro atoms. The highest BCUT2D eigenvalue weighted by molar-refractivity contribution is 6.04. The fourth-order valence-electron chi connectivity index (χ4n) is 3.50. The molecule has 1 heterocycles. The van der Waals surface area contributed by atoms with Gasteiger partial charge in [0.25, 0.3) is 11.8 Å². The topological polar surface area (TPSA) is 175 Å². The third-order valence-electron chi connectivity index (χ3n) is 5.23. The van der Waals surface area contributed by atoms with E-state index in [9.17, 15) is 19.2 Å². The summed E-state index contributed by atoms with van der Waals surface area (Å²) >= 11 is 0. The fourth-order valence-corrected chi connectivity index (χ4v) is 3.50. The molecule has 1 saturated heterocycles. The minimum absolute atomic E-state index is 0.0518. The number of para-hydroxylation sites is 2. The Hall–Kier alpha value is -3.84. The van der Waals surface area contributed by atoms with Crippen LogP contribution in [0.4, 0.5) is 11.4 Å². The van der Waals surface area contributed by atoms with E-state index in [4.69, 9.17) is 19.7 Å². The van der Waals surface area contributed by atoms with Crippen LogP contribution in [-0.2, 0) is 19.1 Å². The predicted octanol–water partition coefficient (Wildman–Crippen LogP) is 1.25. The van der Waals surface area contributed by atoms with Crippen LogP contribution in [0, 0.1) is 0 Å². The first kappa shape index (κ1) is 31.4. The van der Waals surface area contributed by atoms with Gasteiger partial charge in [-0.3, -0.25) is 19.2 Å². The highest BCUT2D eigenvalue weighted by Crippen LogP contribution is 2.22. The summed E-state index contributed by atoms with van der Waals surface area (Å²) in [5.74, 6) is -1.78. The zero-order chi connectivity index (χ0) is 29.0. The summed E-state index contributed by atoms with van der Waals surface area (Å²) in [6, 6.07) is 13.4. The molecule has 1 aliphatic rings. The molecule has 0 aromatic heterocycles. The first-order valence-electron chi connectivity index (χ1n) is 12.3. The number of ether oxygens (including phenoxy) is 2. The van der Waals surface area contributed by atoms with Crippen molar-refractivity contribution in [1.82, 2.24) is 10.6 Å². The number of aliphatic hydroxyl groups is 2. The Kier molecular flexibility index (Phi) is 12.0. The van der Waals surface area contributed by atoms with Crippen LogP contribution in [0.25, 0.3) is 0 Å². The van der Waals surface area contributed by atoms with E-state index >= 15 is 0 Å². The number of carbonyl (C=O) groups is 4. The molecule has 2 atom stereocenters. The first-order chi connectivity index (χ1) is 18.4. The molecule has 39 heavy (non-hydrogen) atoms. The molecule has 0 saturated carbocycles. The smallest absolute Gasteiger partial charge is 0.253 e. The Labute approximate surface area is 227 Å². The molecule has 2 aromatic carbocycles. The standard InChI is InChI=1S/C15H20N2O4.C12H16N2O4/c1-10(18)17-13-7-5-4-6-12(13)14(19)16-8-11-9-20-15(2,3)21-11;1-8(16)14-11-5-3-2-4-10(11)12(18)13-6-9(17)7-15/h4-7,11H,8-9H2,1-3H3,(H,16,19)(H,17,18);2-5,9,15,17H,6-7H2,1H3,(H,13,18)(H,14,16). The van der Waals surface area contributed by atoms with Crippen LogP contribution in [0.1, 0.15) is 48.4 Å². The molecule has 12 nitrogen and oxygen atoms in total. The van der Waals surface area contributed by atoms with Crippen molar-refractivity contribution >= 4 is 35.0 Å². The molecular weight excluding hydrogens is 508 g/mol. The summed E-state index contributed by atoms with van der Waals surface area (Å²) in [6.07, 6.45) is -1.17. The molecular formula is C27H36N4O8. The molecule has 1 aliphatic heterocycles. The van der Waals surface area contributed by atoms with Crippen molar-refractivity contribution in [3.8, 4) is 0 Å². The molecule has 0 bridgehead atoms. The molecule has 2 unspecified atom stereocenters. The average Bonchev–Trinajstić information content (AvgIpc) is 3.24. The number of carbonyl (C=O) groups excluding carboxylic acids is 4. The minimum Gasteiger partial charge on any atom is -0.394 e. The third-order valence-corrected chi connectivity index (χ3v) is 5.23. The number of benzene rings is 2. The molecule has 2 aromatic rings. The summed E-state index contributed by atoms with van der Waals surface area (Å²) in [4.78, 5) is 46.2. The van der Waals surface area contributed by atoms with Gasteiger partial charge in [-0.15, -0.1) is 0 Å². The minimum atomic E-state index is -0.998. The second-order valence-electron chi connectivity index (χ2n) is 9.16. The Balaban J connectivity index is 0.000000277. The highest BCUT2D eigenvalue weighted by Gasteiger charge is 2.32. The zero-order valence-corrected chi connectivity index (χ0v) is 22.4. The molecule has 212 valence electrons. The van der Waals surface area contributed by atoms with E-state index in [1.807, 2.05) is 13.8 Å². The van der Waals surface area contributed by atoms with Gasteiger partial charge in [-0.05, 0) is 38.1 Å². The summed E-state index contributed by atoms with van der Waals surface area (Å²) in [5.41, 5.74) is 1.62. The monoisotopic (exact) mass is 544 g/mol. The molecule has 0 radical (unpaired) electrons. The number of hydrogen-bond acceptors (Lipinski definition) is 8.